The van der Waals surface area contributed by atoms with Crippen molar-refractivity contribution in [1.82, 2.24) is 5.43 Å². The van der Waals surface area contributed by atoms with Gasteiger partial charge in [0.25, 0.3) is 0 Å². The minimum Gasteiger partial charge on any atom is -0.286 e. The molecule has 0 radical (unpaired) electrons. The van der Waals surface area contributed by atoms with Gasteiger partial charge >= 0.3 is 6.18 Å². The Labute approximate surface area is 112 Å². The molecule has 1 aliphatic heterocycles. The third-order valence-electron chi connectivity index (χ3n) is 2.67. The first-order valence-electron chi connectivity index (χ1n) is 5.23. The van der Waals surface area contributed by atoms with Crippen molar-refractivity contribution in [3.05, 3.63) is 42.0 Å². The van der Waals surface area contributed by atoms with E-state index in [0.29, 0.717) is 5.69 Å². The van der Waals surface area contributed by atoms with Crippen LogP contribution in [0.25, 0.3) is 0 Å². The number of nitrogens with one attached hydrogen (secondary N) is 1. The van der Waals surface area contributed by atoms with Crippen LogP contribution in [0.4, 0.5) is 18.9 Å². The van der Waals surface area contributed by atoms with Crippen LogP contribution in [0.3, 0.4) is 0 Å². The zero-order valence-electron chi connectivity index (χ0n) is 9.48. The lowest BCUT2D eigenvalue weighted by atomic mass is 9.88. The summed E-state index contributed by atoms with van der Waals surface area (Å²) in [5.74, 6) is 0. The number of rotatable bonds is 2. The van der Waals surface area contributed by atoms with Crippen molar-refractivity contribution in [2.24, 2.45) is 10.1 Å². The molecule has 0 bridgehead atoms. The van der Waals surface area contributed by atoms with E-state index in [2.05, 4.69) is 32.9 Å². The van der Waals surface area contributed by atoms with Crippen molar-refractivity contribution < 1.29 is 13.2 Å². The molecule has 2 rings (SSSR count). The second-order valence-corrected chi connectivity index (χ2v) is 3.99. The van der Waals surface area contributed by atoms with E-state index in [0.717, 1.165) is 6.08 Å². The monoisotopic (exact) mass is 283 g/mol. The summed E-state index contributed by atoms with van der Waals surface area (Å²) in [6.45, 7) is 0. The zero-order chi connectivity index (χ0) is 13.9. The van der Waals surface area contributed by atoms with Gasteiger partial charge in [0.1, 0.15) is 0 Å². The van der Waals surface area contributed by atoms with Gasteiger partial charge in [-0.25, -0.2) is 0 Å². The summed E-state index contributed by atoms with van der Waals surface area (Å²) in [5, 5.41) is 5.63. The molecule has 1 aromatic carbocycles. The van der Waals surface area contributed by atoms with Gasteiger partial charge in [0.05, 0.1) is 10.8 Å². The fraction of sp³-hybridized carbons (Fsp3) is 0.167. The number of halogens is 3. The van der Waals surface area contributed by atoms with Crippen LogP contribution >= 0.6 is 12.2 Å². The van der Waals surface area contributed by atoms with E-state index in [-0.39, 0.29) is 5.56 Å². The normalized spacial score (nSPS) is 21.6. The van der Waals surface area contributed by atoms with Crippen molar-refractivity contribution in [3.63, 3.8) is 0 Å². The lowest BCUT2D eigenvalue weighted by molar-refractivity contribution is -0.185. The van der Waals surface area contributed by atoms with Crippen LogP contribution in [-0.4, -0.2) is 17.6 Å². The van der Waals surface area contributed by atoms with Crippen LogP contribution in [-0.2, 0) is 5.54 Å². The van der Waals surface area contributed by atoms with Gasteiger partial charge < -0.3 is 0 Å². The summed E-state index contributed by atoms with van der Waals surface area (Å²) in [6, 6.07) is 5.67. The first-order chi connectivity index (χ1) is 8.99. The van der Waals surface area contributed by atoms with Gasteiger partial charge in [0.15, 0.2) is 5.54 Å². The third kappa shape index (κ3) is 2.43. The summed E-state index contributed by atoms with van der Waals surface area (Å²) in [4.78, 5) is 3.68. The Balaban J connectivity index is 2.57. The molecule has 19 heavy (non-hydrogen) atoms. The minimum atomic E-state index is -4.54. The Hall–Kier alpha value is -1.98. The maximum absolute atomic E-state index is 13.3. The van der Waals surface area contributed by atoms with Gasteiger partial charge in [-0.15, -0.1) is 0 Å². The molecule has 0 aromatic heterocycles. The van der Waals surface area contributed by atoms with E-state index in [4.69, 9.17) is 0 Å². The summed E-state index contributed by atoms with van der Waals surface area (Å²) in [6.07, 6.45) is -1.02. The van der Waals surface area contributed by atoms with Crippen LogP contribution in [0, 0.1) is 0 Å². The van der Waals surface area contributed by atoms with Crippen LogP contribution in [0.5, 0.6) is 0 Å². The molecule has 0 fully saturated rings. The number of hydrogen-bond acceptors (Lipinski definition) is 4. The number of isothiocyanates is 1. The van der Waals surface area contributed by atoms with Crippen molar-refractivity contribution >= 4 is 29.3 Å². The van der Waals surface area contributed by atoms with Gasteiger partial charge in [0.2, 0.25) is 0 Å². The highest BCUT2D eigenvalue weighted by Crippen LogP contribution is 2.41. The summed E-state index contributed by atoms with van der Waals surface area (Å²) in [7, 11) is 0. The molecule has 1 aromatic rings. The quantitative estimate of drug-likeness (QED) is 0.667. The maximum Gasteiger partial charge on any atom is 0.420 e. The fourth-order valence-corrected chi connectivity index (χ4v) is 1.87. The van der Waals surface area contributed by atoms with E-state index >= 15 is 0 Å². The topological polar surface area (TPSA) is 36.8 Å². The molecular formula is C12H8F3N3S. The highest BCUT2D eigenvalue weighted by Gasteiger charge is 2.55. The molecule has 1 atom stereocenters. The number of hydrogen-bond donors (Lipinski definition) is 1. The lowest BCUT2D eigenvalue weighted by Gasteiger charge is -2.34. The van der Waals surface area contributed by atoms with Crippen molar-refractivity contribution in [2.45, 2.75) is 11.7 Å². The molecule has 0 amide bonds. The molecular weight excluding hydrogens is 275 g/mol. The molecule has 0 aliphatic carbocycles. The Morgan fingerprint density at radius 1 is 1.37 bits per heavy atom. The number of allylic oxidation sites excluding steroid dienone is 1. The molecule has 0 saturated carbocycles. The highest BCUT2D eigenvalue weighted by atomic mass is 32.1. The fourth-order valence-electron chi connectivity index (χ4n) is 1.76. The highest BCUT2D eigenvalue weighted by molar-refractivity contribution is 7.78. The third-order valence-corrected chi connectivity index (χ3v) is 2.76. The molecule has 1 unspecified atom stereocenters. The van der Waals surface area contributed by atoms with Crippen LogP contribution in [0.15, 0.2) is 46.5 Å². The largest absolute Gasteiger partial charge is 0.420 e. The van der Waals surface area contributed by atoms with Crippen LogP contribution < -0.4 is 5.43 Å². The Bertz CT molecular complexity index is 588. The van der Waals surface area contributed by atoms with Gasteiger partial charge in [-0.1, -0.05) is 12.1 Å². The molecule has 1 N–H and O–H groups in total. The molecule has 7 heteroatoms. The Morgan fingerprint density at radius 3 is 2.74 bits per heavy atom. The van der Waals surface area contributed by atoms with Gasteiger partial charge in [-0.2, -0.15) is 23.3 Å². The molecule has 1 heterocycles. The molecule has 1 aliphatic rings. The molecule has 3 nitrogen and oxygen atoms in total. The number of benzene rings is 1. The van der Waals surface area contributed by atoms with E-state index in [1.165, 1.54) is 30.5 Å². The number of hydrazone groups is 1. The number of thiocarbonyl (C=S) groups is 1. The average Bonchev–Trinajstić information content (AvgIpc) is 2.39. The Kier molecular flexibility index (Phi) is 3.50. The van der Waals surface area contributed by atoms with Crippen molar-refractivity contribution in [3.8, 4) is 0 Å². The summed E-state index contributed by atoms with van der Waals surface area (Å²) >= 11 is 4.44. The van der Waals surface area contributed by atoms with Gasteiger partial charge in [-0.3, -0.25) is 5.43 Å². The van der Waals surface area contributed by atoms with E-state index < -0.39 is 11.7 Å². The SMILES string of the molecule is FC(F)(F)C1(c2cccc(N=C=S)c2)C=CC=NN1. The predicted molar refractivity (Wildman–Crippen MR) is 69.6 cm³/mol. The zero-order valence-corrected chi connectivity index (χ0v) is 10.3. The number of alkyl halides is 3. The van der Waals surface area contributed by atoms with Crippen molar-refractivity contribution in [1.29, 1.82) is 0 Å². The van der Waals surface area contributed by atoms with E-state index in [1.54, 1.807) is 6.07 Å². The standard InChI is InChI=1S/C12H8F3N3S/c13-12(14,15)11(5-2-6-17-18-11)9-3-1-4-10(7-9)16-8-19/h1-7,18H. The molecule has 0 spiro atoms. The number of aliphatic imine (C=N–C) groups is 1. The average molecular weight is 283 g/mol. The van der Waals surface area contributed by atoms with Crippen LogP contribution in [0.1, 0.15) is 5.56 Å². The predicted octanol–water partition coefficient (Wildman–Crippen LogP) is 3.32. The molecule has 98 valence electrons. The second kappa shape index (κ2) is 4.95. The van der Waals surface area contributed by atoms with Gasteiger partial charge in [0, 0.05) is 6.21 Å². The van der Waals surface area contributed by atoms with E-state index in [9.17, 15) is 13.2 Å². The first kappa shape index (κ1) is 13.5. The summed E-state index contributed by atoms with van der Waals surface area (Å²) in [5.41, 5.74) is 0.0674. The summed E-state index contributed by atoms with van der Waals surface area (Å²) < 4.78 is 40.0. The first-order valence-corrected chi connectivity index (χ1v) is 5.64. The molecule has 0 saturated heterocycles. The Morgan fingerprint density at radius 2 is 2.16 bits per heavy atom. The number of nitrogens with zero attached hydrogens (tertiary/aromatic N) is 2. The maximum atomic E-state index is 13.3. The minimum absolute atomic E-state index is 0.0143. The second-order valence-electron chi connectivity index (χ2n) is 3.81. The van der Waals surface area contributed by atoms with Crippen molar-refractivity contribution in [2.75, 3.05) is 0 Å². The smallest absolute Gasteiger partial charge is 0.286 e. The van der Waals surface area contributed by atoms with Crippen LogP contribution in [0.2, 0.25) is 0 Å². The van der Waals surface area contributed by atoms with Gasteiger partial charge in [-0.05, 0) is 42.1 Å². The lowest BCUT2D eigenvalue weighted by Crippen LogP contribution is -2.51. The van der Waals surface area contributed by atoms with E-state index in [1.807, 2.05) is 0 Å².